The fourth-order valence-electron chi connectivity index (χ4n) is 1.70. The van der Waals surface area contributed by atoms with Gasteiger partial charge >= 0.3 is 6.01 Å². The lowest BCUT2D eigenvalue weighted by Crippen LogP contribution is -2.14. The summed E-state index contributed by atoms with van der Waals surface area (Å²) in [5.74, 6) is -0.0729. The fraction of sp³-hybridized carbons (Fsp3) is 0.0833. The molecule has 1 amide bonds. The minimum Gasteiger partial charge on any atom is -0.411 e. The van der Waals surface area contributed by atoms with E-state index in [1.807, 2.05) is 0 Å². The average molecular weight is 271 g/mol. The first-order valence-electron chi connectivity index (χ1n) is 5.71. The van der Waals surface area contributed by atoms with Crippen LogP contribution in [0.5, 0.6) is 0 Å². The molecule has 100 valence electrons. The second-order valence-electron chi connectivity index (χ2n) is 3.88. The molecule has 0 fully saturated rings. The van der Waals surface area contributed by atoms with Crippen molar-refractivity contribution in [3.63, 3.8) is 0 Å². The number of amides is 1. The molecule has 1 N–H and O–H groups in total. The van der Waals surface area contributed by atoms with Crippen LogP contribution in [0.1, 0.15) is 16.1 Å². The Hall–Kier alpha value is -3.03. The van der Waals surface area contributed by atoms with Gasteiger partial charge in [0.2, 0.25) is 6.39 Å². The van der Waals surface area contributed by atoms with Crippen molar-refractivity contribution in [1.82, 2.24) is 20.3 Å². The molecule has 3 rings (SSSR count). The monoisotopic (exact) mass is 271 g/mol. The molecular formula is C12H9N5O3. The Morgan fingerprint density at radius 2 is 2.25 bits per heavy atom. The molecule has 8 nitrogen and oxygen atoms in total. The van der Waals surface area contributed by atoms with Crippen molar-refractivity contribution in [2.45, 2.75) is 6.92 Å². The van der Waals surface area contributed by atoms with E-state index in [0.29, 0.717) is 17.1 Å². The lowest BCUT2D eigenvalue weighted by Gasteiger charge is -2.01. The number of carbonyl (C=O) groups is 1. The Balaban J connectivity index is 1.97. The van der Waals surface area contributed by atoms with Gasteiger partial charge < -0.3 is 8.94 Å². The van der Waals surface area contributed by atoms with Gasteiger partial charge in [0.1, 0.15) is 17.0 Å². The first-order chi connectivity index (χ1) is 9.75. The van der Waals surface area contributed by atoms with Crippen LogP contribution >= 0.6 is 0 Å². The lowest BCUT2D eigenvalue weighted by molar-refractivity contribution is 0.102. The van der Waals surface area contributed by atoms with Crippen molar-refractivity contribution in [3.8, 4) is 11.4 Å². The third kappa shape index (κ3) is 2.14. The van der Waals surface area contributed by atoms with E-state index in [-0.39, 0.29) is 11.6 Å². The van der Waals surface area contributed by atoms with Crippen molar-refractivity contribution >= 4 is 11.9 Å². The van der Waals surface area contributed by atoms with E-state index in [0.717, 1.165) is 6.39 Å². The lowest BCUT2D eigenvalue weighted by atomic mass is 10.1. The van der Waals surface area contributed by atoms with Gasteiger partial charge in [-0.3, -0.25) is 15.1 Å². The van der Waals surface area contributed by atoms with E-state index >= 15 is 0 Å². The molecule has 0 spiro atoms. The van der Waals surface area contributed by atoms with Crippen molar-refractivity contribution in [3.05, 3.63) is 42.1 Å². The minimum atomic E-state index is -0.450. The van der Waals surface area contributed by atoms with Crippen LogP contribution in [0.15, 0.2) is 39.7 Å². The summed E-state index contributed by atoms with van der Waals surface area (Å²) >= 11 is 0. The molecule has 3 aromatic rings. The molecule has 0 atom stereocenters. The molecule has 0 aliphatic carbocycles. The Kier molecular flexibility index (Phi) is 2.96. The molecule has 20 heavy (non-hydrogen) atoms. The first-order valence-corrected chi connectivity index (χ1v) is 5.71. The molecule has 0 bridgehead atoms. The summed E-state index contributed by atoms with van der Waals surface area (Å²) in [5, 5.41) is 13.4. The quantitative estimate of drug-likeness (QED) is 0.772. The Bertz CT molecular complexity index is 721. The maximum absolute atomic E-state index is 12.2. The van der Waals surface area contributed by atoms with Crippen molar-refractivity contribution < 1.29 is 13.7 Å². The number of aryl methyl sites for hydroxylation is 1. The molecule has 0 aliphatic rings. The summed E-state index contributed by atoms with van der Waals surface area (Å²) in [6, 6.07) is 5.31. The standard InChI is InChI=1S/C12H9N5O3/c1-7-9(11(18)15-12-16-14-6-19-12)10(17-20-7)8-4-2-3-5-13-8/h2-6H,1H3,(H,15,16,18). The smallest absolute Gasteiger partial charge is 0.322 e. The Labute approximate surface area is 112 Å². The van der Waals surface area contributed by atoms with Gasteiger partial charge in [-0.25, -0.2) is 0 Å². The number of pyridine rings is 1. The van der Waals surface area contributed by atoms with E-state index in [2.05, 4.69) is 25.7 Å². The van der Waals surface area contributed by atoms with Crippen LogP contribution in [0, 0.1) is 6.92 Å². The van der Waals surface area contributed by atoms with Crippen LogP contribution in [0.25, 0.3) is 11.4 Å². The third-order valence-electron chi connectivity index (χ3n) is 2.58. The molecule has 0 aliphatic heterocycles. The zero-order valence-corrected chi connectivity index (χ0v) is 10.4. The fourth-order valence-corrected chi connectivity index (χ4v) is 1.70. The molecule has 3 heterocycles. The Morgan fingerprint density at radius 3 is 2.95 bits per heavy atom. The van der Waals surface area contributed by atoms with Gasteiger partial charge in [0.15, 0.2) is 0 Å². The highest BCUT2D eigenvalue weighted by atomic mass is 16.5. The molecule has 0 saturated heterocycles. The van der Waals surface area contributed by atoms with Gasteiger partial charge in [-0.15, -0.1) is 5.10 Å². The van der Waals surface area contributed by atoms with Gasteiger partial charge in [-0.1, -0.05) is 16.3 Å². The summed E-state index contributed by atoms with van der Waals surface area (Å²) < 4.78 is 9.94. The SMILES string of the molecule is Cc1onc(-c2ccccn2)c1C(=O)Nc1nnco1. The predicted octanol–water partition coefficient (Wildman–Crippen LogP) is 1.68. The molecule has 0 radical (unpaired) electrons. The summed E-state index contributed by atoms with van der Waals surface area (Å²) in [6.07, 6.45) is 2.73. The highest BCUT2D eigenvalue weighted by molar-refractivity contribution is 6.07. The largest absolute Gasteiger partial charge is 0.411 e. The van der Waals surface area contributed by atoms with Crippen LogP contribution in [-0.4, -0.2) is 26.2 Å². The van der Waals surface area contributed by atoms with Crippen LogP contribution in [-0.2, 0) is 0 Å². The summed E-state index contributed by atoms with van der Waals surface area (Å²) in [6.45, 7) is 1.64. The zero-order valence-electron chi connectivity index (χ0n) is 10.4. The number of hydrogen-bond acceptors (Lipinski definition) is 7. The number of rotatable bonds is 3. The van der Waals surface area contributed by atoms with E-state index in [9.17, 15) is 4.79 Å². The molecule has 8 heteroatoms. The van der Waals surface area contributed by atoms with Crippen LogP contribution < -0.4 is 5.32 Å². The van der Waals surface area contributed by atoms with E-state index in [4.69, 9.17) is 8.94 Å². The maximum atomic E-state index is 12.2. The third-order valence-corrected chi connectivity index (χ3v) is 2.58. The maximum Gasteiger partial charge on any atom is 0.322 e. The van der Waals surface area contributed by atoms with Crippen molar-refractivity contribution in [1.29, 1.82) is 0 Å². The number of aromatic nitrogens is 4. The van der Waals surface area contributed by atoms with Crippen molar-refractivity contribution in [2.75, 3.05) is 5.32 Å². The molecular weight excluding hydrogens is 262 g/mol. The van der Waals surface area contributed by atoms with E-state index in [1.54, 1.807) is 31.3 Å². The highest BCUT2D eigenvalue weighted by Gasteiger charge is 2.23. The molecule has 3 aromatic heterocycles. The number of carbonyl (C=O) groups excluding carboxylic acids is 1. The van der Waals surface area contributed by atoms with Crippen molar-refractivity contribution in [2.24, 2.45) is 0 Å². The van der Waals surface area contributed by atoms with E-state index < -0.39 is 5.91 Å². The number of hydrogen-bond donors (Lipinski definition) is 1. The minimum absolute atomic E-state index is 0.00238. The predicted molar refractivity (Wildman–Crippen MR) is 66.7 cm³/mol. The zero-order chi connectivity index (χ0) is 13.9. The van der Waals surface area contributed by atoms with E-state index in [1.165, 1.54) is 0 Å². The highest BCUT2D eigenvalue weighted by Crippen LogP contribution is 2.24. The normalized spacial score (nSPS) is 10.4. The van der Waals surface area contributed by atoms with Gasteiger partial charge in [0.05, 0.1) is 5.69 Å². The van der Waals surface area contributed by atoms with Gasteiger partial charge in [-0.2, -0.15) is 0 Å². The summed E-state index contributed by atoms with van der Waals surface area (Å²) in [7, 11) is 0. The summed E-state index contributed by atoms with van der Waals surface area (Å²) in [4.78, 5) is 16.4. The Morgan fingerprint density at radius 1 is 1.35 bits per heavy atom. The van der Waals surface area contributed by atoms with Gasteiger partial charge in [-0.05, 0) is 19.1 Å². The second kappa shape index (κ2) is 4.92. The number of anilines is 1. The number of nitrogens with one attached hydrogen (secondary N) is 1. The molecule has 0 saturated carbocycles. The topological polar surface area (TPSA) is 107 Å². The average Bonchev–Trinajstić information content (AvgIpc) is 3.09. The second-order valence-corrected chi connectivity index (χ2v) is 3.88. The van der Waals surface area contributed by atoms with Crippen LogP contribution in [0.4, 0.5) is 6.01 Å². The first kappa shape index (κ1) is 12.0. The van der Waals surface area contributed by atoms with Gasteiger partial charge in [0.25, 0.3) is 5.91 Å². The summed E-state index contributed by atoms with van der Waals surface area (Å²) in [5.41, 5.74) is 1.18. The van der Waals surface area contributed by atoms with Crippen LogP contribution in [0.3, 0.4) is 0 Å². The number of nitrogens with zero attached hydrogens (tertiary/aromatic N) is 4. The molecule has 0 unspecified atom stereocenters. The van der Waals surface area contributed by atoms with Crippen LogP contribution in [0.2, 0.25) is 0 Å². The molecule has 0 aromatic carbocycles. The van der Waals surface area contributed by atoms with Gasteiger partial charge in [0, 0.05) is 6.20 Å².